The van der Waals surface area contributed by atoms with E-state index in [0.29, 0.717) is 34.7 Å². The van der Waals surface area contributed by atoms with E-state index in [2.05, 4.69) is 34.4 Å². The minimum absolute atomic E-state index is 0.261. The van der Waals surface area contributed by atoms with Crippen molar-refractivity contribution in [1.29, 1.82) is 0 Å². The van der Waals surface area contributed by atoms with Crippen molar-refractivity contribution in [3.8, 4) is 0 Å². The maximum Gasteiger partial charge on any atom is 0.271 e. The van der Waals surface area contributed by atoms with Crippen LogP contribution >= 0.6 is 23.2 Å². The zero-order chi connectivity index (χ0) is 17.5. The average molecular weight is 367 g/mol. The largest absolute Gasteiger partial charge is 0.369 e. The van der Waals surface area contributed by atoms with Gasteiger partial charge in [-0.15, -0.1) is 0 Å². The van der Waals surface area contributed by atoms with E-state index in [1.54, 1.807) is 18.3 Å². The Kier molecular flexibility index (Phi) is 6.82. The van der Waals surface area contributed by atoms with Crippen molar-refractivity contribution in [1.82, 2.24) is 15.3 Å². The molecule has 0 fully saturated rings. The van der Waals surface area contributed by atoms with Gasteiger partial charge in [-0.25, -0.2) is 9.97 Å². The fraction of sp³-hybridized carbons (Fsp3) is 0.353. The molecule has 2 rings (SSSR count). The summed E-state index contributed by atoms with van der Waals surface area (Å²) in [6, 6.07) is 5.32. The fourth-order valence-corrected chi connectivity index (χ4v) is 2.47. The second kappa shape index (κ2) is 8.85. The summed E-state index contributed by atoms with van der Waals surface area (Å²) in [4.78, 5) is 20.4. The summed E-state index contributed by atoms with van der Waals surface area (Å²) < 4.78 is 0. The predicted octanol–water partition coefficient (Wildman–Crippen LogP) is 3.82. The molecule has 0 radical (unpaired) electrons. The highest BCUT2D eigenvalue weighted by molar-refractivity contribution is 6.35. The third kappa shape index (κ3) is 5.65. The highest BCUT2D eigenvalue weighted by Gasteiger charge is 2.08. The standard InChI is InChI=1S/C17H20Cl2N4O/c1-11(2)8-22-16-10-21-15(9-23-16)17(24)20-6-5-12-3-4-13(18)7-14(12)19/h3-4,7,9-11H,5-6,8H2,1-2H3,(H,20,24)(H,22,23). The van der Waals surface area contributed by atoms with Gasteiger partial charge in [-0.1, -0.05) is 43.1 Å². The normalized spacial score (nSPS) is 10.7. The molecule has 0 aliphatic heterocycles. The van der Waals surface area contributed by atoms with Crippen LogP contribution in [0.15, 0.2) is 30.6 Å². The highest BCUT2D eigenvalue weighted by Crippen LogP contribution is 2.21. The quantitative estimate of drug-likeness (QED) is 0.781. The predicted molar refractivity (Wildman–Crippen MR) is 97.9 cm³/mol. The molecule has 0 aliphatic carbocycles. The molecule has 0 aliphatic rings. The minimum atomic E-state index is -0.261. The van der Waals surface area contributed by atoms with E-state index in [1.165, 1.54) is 6.20 Å². The van der Waals surface area contributed by atoms with Crippen LogP contribution in [0, 0.1) is 5.92 Å². The molecule has 128 valence electrons. The lowest BCUT2D eigenvalue weighted by Gasteiger charge is -2.09. The number of rotatable bonds is 7. The molecule has 0 unspecified atom stereocenters. The first-order chi connectivity index (χ1) is 11.5. The summed E-state index contributed by atoms with van der Waals surface area (Å²) in [6.45, 7) is 5.47. The Morgan fingerprint density at radius 3 is 2.62 bits per heavy atom. The number of hydrogen-bond acceptors (Lipinski definition) is 4. The topological polar surface area (TPSA) is 66.9 Å². The van der Waals surface area contributed by atoms with Crippen LogP contribution in [-0.2, 0) is 6.42 Å². The molecule has 0 saturated heterocycles. The molecular weight excluding hydrogens is 347 g/mol. The van der Waals surface area contributed by atoms with Crippen LogP contribution < -0.4 is 10.6 Å². The van der Waals surface area contributed by atoms with Crippen molar-refractivity contribution >= 4 is 34.9 Å². The van der Waals surface area contributed by atoms with E-state index >= 15 is 0 Å². The molecule has 1 aromatic carbocycles. The molecular formula is C17H20Cl2N4O. The van der Waals surface area contributed by atoms with Gasteiger partial charge in [-0.05, 0) is 30.0 Å². The summed E-state index contributed by atoms with van der Waals surface area (Å²) in [5.41, 5.74) is 1.22. The van der Waals surface area contributed by atoms with Crippen LogP contribution in [0.3, 0.4) is 0 Å². The Labute approximate surface area is 151 Å². The van der Waals surface area contributed by atoms with Gasteiger partial charge >= 0.3 is 0 Å². The first-order valence-electron chi connectivity index (χ1n) is 7.73. The minimum Gasteiger partial charge on any atom is -0.369 e. The molecule has 1 aromatic heterocycles. The number of anilines is 1. The van der Waals surface area contributed by atoms with E-state index in [0.717, 1.165) is 12.1 Å². The van der Waals surface area contributed by atoms with E-state index < -0.39 is 0 Å². The van der Waals surface area contributed by atoms with Crippen LogP contribution in [0.25, 0.3) is 0 Å². The molecule has 0 atom stereocenters. The van der Waals surface area contributed by atoms with Crippen LogP contribution in [-0.4, -0.2) is 29.0 Å². The number of benzene rings is 1. The number of aromatic nitrogens is 2. The third-order valence-corrected chi connectivity index (χ3v) is 3.86. The molecule has 2 N–H and O–H groups in total. The molecule has 0 spiro atoms. The second-order valence-corrected chi connectivity index (χ2v) is 6.65. The fourth-order valence-electron chi connectivity index (χ4n) is 1.97. The third-order valence-electron chi connectivity index (χ3n) is 3.27. The Balaban J connectivity index is 1.83. The van der Waals surface area contributed by atoms with Crippen molar-refractivity contribution in [2.45, 2.75) is 20.3 Å². The number of amides is 1. The molecule has 1 heterocycles. The van der Waals surface area contributed by atoms with Crippen molar-refractivity contribution in [2.24, 2.45) is 5.92 Å². The molecule has 24 heavy (non-hydrogen) atoms. The lowest BCUT2D eigenvalue weighted by atomic mass is 10.1. The van der Waals surface area contributed by atoms with Crippen molar-refractivity contribution < 1.29 is 4.79 Å². The molecule has 1 amide bonds. The first-order valence-corrected chi connectivity index (χ1v) is 8.49. The molecule has 2 aromatic rings. The summed E-state index contributed by atoms with van der Waals surface area (Å²) in [5, 5.41) is 7.15. The highest BCUT2D eigenvalue weighted by atomic mass is 35.5. The van der Waals surface area contributed by atoms with Gasteiger partial charge in [0.25, 0.3) is 5.91 Å². The number of nitrogens with zero attached hydrogens (tertiary/aromatic N) is 2. The van der Waals surface area contributed by atoms with E-state index in [1.807, 2.05) is 6.07 Å². The van der Waals surface area contributed by atoms with Crippen molar-refractivity contribution in [3.63, 3.8) is 0 Å². The number of carbonyl (C=O) groups excluding carboxylic acids is 1. The van der Waals surface area contributed by atoms with Gasteiger partial charge in [-0.2, -0.15) is 0 Å². The lowest BCUT2D eigenvalue weighted by Crippen LogP contribution is -2.26. The maximum atomic E-state index is 12.1. The zero-order valence-electron chi connectivity index (χ0n) is 13.6. The zero-order valence-corrected chi connectivity index (χ0v) is 15.2. The van der Waals surface area contributed by atoms with Gasteiger partial charge < -0.3 is 10.6 Å². The smallest absolute Gasteiger partial charge is 0.271 e. The van der Waals surface area contributed by atoms with Gasteiger partial charge in [0.05, 0.1) is 12.4 Å². The Bertz CT molecular complexity index is 689. The number of carbonyl (C=O) groups is 1. The van der Waals surface area contributed by atoms with E-state index in [-0.39, 0.29) is 11.6 Å². The van der Waals surface area contributed by atoms with Crippen LogP contribution in [0.2, 0.25) is 10.0 Å². The Morgan fingerprint density at radius 2 is 2.00 bits per heavy atom. The summed E-state index contributed by atoms with van der Waals surface area (Å²) >= 11 is 12.0. The molecule has 0 saturated carbocycles. The van der Waals surface area contributed by atoms with Crippen molar-refractivity contribution in [3.05, 3.63) is 51.9 Å². The van der Waals surface area contributed by atoms with Gasteiger partial charge in [0.1, 0.15) is 11.5 Å². The van der Waals surface area contributed by atoms with Crippen LogP contribution in [0.4, 0.5) is 5.82 Å². The first kappa shape index (κ1) is 18.5. The molecule has 7 heteroatoms. The maximum absolute atomic E-state index is 12.1. The van der Waals surface area contributed by atoms with Crippen LogP contribution in [0.5, 0.6) is 0 Å². The number of hydrogen-bond donors (Lipinski definition) is 2. The van der Waals surface area contributed by atoms with Gasteiger partial charge in [0, 0.05) is 23.1 Å². The monoisotopic (exact) mass is 366 g/mol. The Morgan fingerprint density at radius 1 is 1.21 bits per heavy atom. The Hall–Kier alpha value is -1.85. The summed E-state index contributed by atoms with van der Waals surface area (Å²) in [6.07, 6.45) is 3.64. The number of halogens is 2. The average Bonchev–Trinajstić information content (AvgIpc) is 2.55. The summed E-state index contributed by atoms with van der Waals surface area (Å²) in [5.74, 6) is 0.908. The van der Waals surface area contributed by atoms with E-state index in [4.69, 9.17) is 23.2 Å². The van der Waals surface area contributed by atoms with Gasteiger partial charge in [0.15, 0.2) is 0 Å². The number of nitrogens with one attached hydrogen (secondary N) is 2. The van der Waals surface area contributed by atoms with Crippen molar-refractivity contribution in [2.75, 3.05) is 18.4 Å². The van der Waals surface area contributed by atoms with Crippen LogP contribution in [0.1, 0.15) is 29.9 Å². The molecule has 0 bridgehead atoms. The summed E-state index contributed by atoms with van der Waals surface area (Å²) in [7, 11) is 0. The second-order valence-electron chi connectivity index (χ2n) is 5.80. The lowest BCUT2D eigenvalue weighted by molar-refractivity contribution is 0.0949. The van der Waals surface area contributed by atoms with E-state index in [9.17, 15) is 4.79 Å². The molecule has 5 nitrogen and oxygen atoms in total. The van der Waals surface area contributed by atoms with Gasteiger partial charge in [-0.3, -0.25) is 4.79 Å². The SMILES string of the molecule is CC(C)CNc1cnc(C(=O)NCCc2ccc(Cl)cc2Cl)cn1. The van der Waals surface area contributed by atoms with Gasteiger partial charge in [0.2, 0.25) is 0 Å².